The van der Waals surface area contributed by atoms with Crippen LogP contribution in [0, 0.1) is 5.92 Å². The average molecular weight is 433 g/mol. The van der Waals surface area contributed by atoms with Crippen molar-refractivity contribution < 1.29 is 24.1 Å². The maximum atomic E-state index is 13.3. The van der Waals surface area contributed by atoms with Crippen LogP contribution in [0.5, 0.6) is 11.5 Å². The Morgan fingerprint density at radius 3 is 2.71 bits per heavy atom. The molecule has 0 spiro atoms. The normalized spacial score (nSPS) is 28.1. The van der Waals surface area contributed by atoms with E-state index in [-0.39, 0.29) is 24.1 Å². The summed E-state index contributed by atoms with van der Waals surface area (Å²) in [6.07, 6.45) is 4.29. The topological polar surface area (TPSA) is 71.5 Å². The summed E-state index contributed by atoms with van der Waals surface area (Å²) in [4.78, 5) is 17.0. The lowest BCUT2D eigenvalue weighted by molar-refractivity contribution is -0.0389. The van der Waals surface area contributed by atoms with Gasteiger partial charge in [0.05, 0.1) is 38.6 Å². The number of nitrogens with zero attached hydrogens (tertiary/aromatic N) is 2. The Kier molecular flexibility index (Phi) is 6.92. The predicted molar refractivity (Wildman–Crippen MR) is 118 cm³/mol. The van der Waals surface area contributed by atoms with E-state index in [0.717, 1.165) is 24.3 Å². The van der Waals surface area contributed by atoms with Crippen LogP contribution in [0.15, 0.2) is 18.2 Å². The molecule has 7 heteroatoms. The average Bonchev–Trinajstić information content (AvgIpc) is 3.42. The number of morpholine rings is 1. The number of benzene rings is 1. The van der Waals surface area contributed by atoms with Crippen LogP contribution in [0.4, 0.5) is 4.79 Å². The van der Waals surface area contributed by atoms with Crippen molar-refractivity contribution in [1.29, 1.82) is 0 Å². The van der Waals surface area contributed by atoms with Gasteiger partial charge in [-0.05, 0) is 56.2 Å². The van der Waals surface area contributed by atoms with E-state index in [4.69, 9.17) is 14.2 Å². The highest BCUT2D eigenvalue weighted by molar-refractivity contribution is 5.75. The van der Waals surface area contributed by atoms with Crippen molar-refractivity contribution in [2.24, 2.45) is 5.92 Å². The molecule has 2 heterocycles. The zero-order chi connectivity index (χ0) is 22.0. The highest BCUT2D eigenvalue weighted by Gasteiger charge is 2.39. The first-order chi connectivity index (χ1) is 15.0. The Balaban J connectivity index is 1.48. The summed E-state index contributed by atoms with van der Waals surface area (Å²) in [5.41, 5.74) is 1.19. The van der Waals surface area contributed by atoms with Crippen molar-refractivity contribution in [3.63, 3.8) is 0 Å². The first-order valence-electron chi connectivity index (χ1n) is 11.6. The molecule has 2 aliphatic heterocycles. The van der Waals surface area contributed by atoms with Gasteiger partial charge in [0.2, 0.25) is 0 Å². The maximum Gasteiger partial charge on any atom is 0.320 e. The molecule has 0 bridgehead atoms. The van der Waals surface area contributed by atoms with Crippen LogP contribution in [-0.4, -0.2) is 79.1 Å². The Hall–Kier alpha value is -1.99. The molecular formula is C24H36N2O5. The summed E-state index contributed by atoms with van der Waals surface area (Å²) in [6.45, 7) is 6.71. The van der Waals surface area contributed by atoms with Gasteiger partial charge in [-0.3, -0.25) is 0 Å². The van der Waals surface area contributed by atoms with E-state index in [9.17, 15) is 9.90 Å². The van der Waals surface area contributed by atoms with Crippen LogP contribution in [0.2, 0.25) is 0 Å². The van der Waals surface area contributed by atoms with Crippen molar-refractivity contribution in [2.75, 3.05) is 40.0 Å². The molecule has 3 aliphatic rings. The zero-order valence-electron chi connectivity index (χ0n) is 19.0. The van der Waals surface area contributed by atoms with Crippen molar-refractivity contribution in [2.45, 2.75) is 63.7 Å². The summed E-state index contributed by atoms with van der Waals surface area (Å²) in [7, 11) is 1.68. The molecule has 1 aromatic carbocycles. The van der Waals surface area contributed by atoms with Crippen LogP contribution in [-0.2, 0) is 4.74 Å². The third-order valence-electron chi connectivity index (χ3n) is 7.06. The summed E-state index contributed by atoms with van der Waals surface area (Å²) in [6, 6.07) is 5.91. The summed E-state index contributed by atoms with van der Waals surface area (Å²) < 4.78 is 17.3. The van der Waals surface area contributed by atoms with Crippen LogP contribution < -0.4 is 9.47 Å². The number of aliphatic hydroxyl groups excluding tert-OH is 1. The maximum absolute atomic E-state index is 13.3. The number of ether oxygens (including phenoxy) is 3. The molecule has 31 heavy (non-hydrogen) atoms. The highest BCUT2D eigenvalue weighted by Crippen LogP contribution is 2.39. The lowest BCUT2D eigenvalue weighted by Gasteiger charge is -2.39. The van der Waals surface area contributed by atoms with Crippen LogP contribution in [0.25, 0.3) is 0 Å². The van der Waals surface area contributed by atoms with Gasteiger partial charge < -0.3 is 29.1 Å². The van der Waals surface area contributed by atoms with Gasteiger partial charge in [-0.1, -0.05) is 13.0 Å². The van der Waals surface area contributed by atoms with Gasteiger partial charge in [0.1, 0.15) is 0 Å². The number of hydrogen-bond acceptors (Lipinski definition) is 5. The molecule has 2 saturated heterocycles. The minimum absolute atomic E-state index is 0.000472. The fraction of sp³-hybridized carbons (Fsp3) is 0.708. The molecule has 7 nitrogen and oxygen atoms in total. The van der Waals surface area contributed by atoms with E-state index in [1.165, 1.54) is 18.4 Å². The van der Waals surface area contributed by atoms with Crippen LogP contribution >= 0.6 is 0 Å². The fourth-order valence-electron chi connectivity index (χ4n) is 5.20. The van der Waals surface area contributed by atoms with E-state index < -0.39 is 6.10 Å². The number of rotatable bonds is 5. The van der Waals surface area contributed by atoms with Gasteiger partial charge in [-0.25, -0.2) is 4.79 Å². The van der Waals surface area contributed by atoms with Gasteiger partial charge in [-0.15, -0.1) is 0 Å². The van der Waals surface area contributed by atoms with Crippen molar-refractivity contribution in [3.05, 3.63) is 23.8 Å². The number of likely N-dealkylation sites (tertiary alicyclic amines) is 1. The molecule has 1 aliphatic carbocycles. The molecule has 2 amide bonds. The lowest BCUT2D eigenvalue weighted by Crippen LogP contribution is -2.56. The largest absolute Gasteiger partial charge is 0.493 e. The first kappa shape index (κ1) is 22.2. The number of urea groups is 1. The molecule has 0 aromatic heterocycles. The number of hydrogen-bond donors (Lipinski definition) is 1. The van der Waals surface area contributed by atoms with E-state index >= 15 is 0 Å². The summed E-state index contributed by atoms with van der Waals surface area (Å²) in [5, 5.41) is 10.1. The Morgan fingerprint density at radius 2 is 2.00 bits per heavy atom. The number of carbonyl (C=O) groups excluding carboxylic acids is 1. The second-order valence-corrected chi connectivity index (χ2v) is 9.28. The Bertz CT molecular complexity index is 764. The number of aliphatic hydroxyl groups is 1. The van der Waals surface area contributed by atoms with E-state index in [0.29, 0.717) is 38.8 Å². The second kappa shape index (κ2) is 9.65. The SMILES string of the molecule is COc1ccc([C@H]2CN(C(=O)N3CCOCC3[C@@H](C)O)C[C@H]2C)cc1OC1CCCC1. The van der Waals surface area contributed by atoms with Gasteiger partial charge in [0, 0.05) is 25.6 Å². The van der Waals surface area contributed by atoms with Gasteiger partial charge in [0.25, 0.3) is 0 Å². The lowest BCUT2D eigenvalue weighted by atomic mass is 9.90. The standard InChI is InChI=1S/C24H36N2O5/c1-16-13-25(24(28)26-10-11-30-15-21(26)17(2)27)14-20(16)18-8-9-22(29-3)23(12-18)31-19-6-4-5-7-19/h8-9,12,16-17,19-21,27H,4-7,10-11,13-15H2,1-3H3/t16-,17-,20+,21?/m1/s1. The molecule has 1 aromatic rings. The van der Waals surface area contributed by atoms with Crippen molar-refractivity contribution in [3.8, 4) is 11.5 Å². The molecular weight excluding hydrogens is 396 g/mol. The van der Waals surface area contributed by atoms with Gasteiger partial charge >= 0.3 is 6.03 Å². The summed E-state index contributed by atoms with van der Waals surface area (Å²) in [5.74, 6) is 2.16. The molecule has 1 saturated carbocycles. The third-order valence-corrected chi connectivity index (χ3v) is 7.06. The smallest absolute Gasteiger partial charge is 0.320 e. The monoisotopic (exact) mass is 432 g/mol. The molecule has 3 fully saturated rings. The minimum Gasteiger partial charge on any atom is -0.493 e. The molecule has 4 rings (SSSR count). The van der Waals surface area contributed by atoms with Crippen molar-refractivity contribution in [1.82, 2.24) is 9.80 Å². The van der Waals surface area contributed by atoms with Gasteiger partial charge in [-0.2, -0.15) is 0 Å². The highest BCUT2D eigenvalue weighted by atomic mass is 16.5. The second-order valence-electron chi connectivity index (χ2n) is 9.28. The molecule has 0 radical (unpaired) electrons. The van der Waals surface area contributed by atoms with E-state index in [1.807, 2.05) is 11.0 Å². The van der Waals surface area contributed by atoms with E-state index in [1.54, 1.807) is 18.9 Å². The number of methoxy groups -OCH3 is 1. The number of amides is 2. The summed E-state index contributed by atoms with van der Waals surface area (Å²) >= 11 is 0. The molecule has 172 valence electrons. The first-order valence-corrected chi connectivity index (χ1v) is 11.6. The predicted octanol–water partition coefficient (Wildman–Crippen LogP) is 3.25. The quantitative estimate of drug-likeness (QED) is 0.773. The Labute approximate surface area is 185 Å². The Morgan fingerprint density at radius 1 is 1.23 bits per heavy atom. The van der Waals surface area contributed by atoms with Crippen molar-refractivity contribution >= 4 is 6.03 Å². The van der Waals surface area contributed by atoms with Gasteiger partial charge in [0.15, 0.2) is 11.5 Å². The fourth-order valence-corrected chi connectivity index (χ4v) is 5.20. The third kappa shape index (κ3) is 4.77. The number of carbonyl (C=O) groups is 1. The molecule has 1 N–H and O–H groups in total. The van der Waals surface area contributed by atoms with Crippen LogP contribution in [0.1, 0.15) is 51.0 Å². The minimum atomic E-state index is -0.614. The molecule has 1 unspecified atom stereocenters. The zero-order valence-corrected chi connectivity index (χ0v) is 19.0. The van der Waals surface area contributed by atoms with Crippen LogP contribution in [0.3, 0.4) is 0 Å². The molecule has 4 atom stereocenters. The van der Waals surface area contributed by atoms with E-state index in [2.05, 4.69) is 19.1 Å².